The second kappa shape index (κ2) is 8.41. The fraction of sp³-hybridized carbons (Fsp3) is 0.136. The fourth-order valence-corrected chi connectivity index (χ4v) is 3.69. The molecule has 11 heteroatoms. The van der Waals surface area contributed by atoms with Crippen LogP contribution in [0.3, 0.4) is 0 Å². The Morgan fingerprint density at radius 3 is 1.67 bits per heavy atom. The summed E-state index contributed by atoms with van der Waals surface area (Å²) >= 11 is 0. The van der Waals surface area contributed by atoms with Crippen LogP contribution in [-0.2, 0) is 11.2 Å². The minimum absolute atomic E-state index is 0.0228. The molecule has 2 amide bonds. The summed E-state index contributed by atoms with van der Waals surface area (Å²) in [6, 6.07) is 10.6. The molecule has 0 spiro atoms. The maximum atomic E-state index is 13.2. The van der Waals surface area contributed by atoms with Crippen molar-refractivity contribution in [1.82, 2.24) is 0 Å². The number of nitrogens with zero attached hydrogens (tertiary/aromatic N) is 1. The van der Waals surface area contributed by atoms with Crippen LogP contribution in [0.1, 0.15) is 26.3 Å². The lowest BCUT2D eigenvalue weighted by Gasteiger charge is -2.16. The number of fused-ring (bicyclic) bond motifs is 2. The topological polar surface area (TPSA) is 93.1 Å². The van der Waals surface area contributed by atoms with Crippen LogP contribution in [0.5, 0.6) is 11.5 Å². The Kier molecular flexibility index (Phi) is 5.62. The van der Waals surface area contributed by atoms with E-state index in [1.54, 1.807) is 0 Å². The van der Waals surface area contributed by atoms with Crippen LogP contribution in [0.4, 0.5) is 23.2 Å². The lowest BCUT2D eigenvalue weighted by atomic mass is 9.99. The van der Waals surface area contributed by atoms with Gasteiger partial charge >= 0.3 is 19.2 Å². The quantitative estimate of drug-likeness (QED) is 0.411. The van der Waals surface area contributed by atoms with Crippen molar-refractivity contribution in [3.8, 4) is 11.5 Å². The van der Waals surface area contributed by atoms with Crippen LogP contribution in [-0.4, -0.2) is 36.1 Å². The SMILES string of the molecule is O=C(O)Cc1ccc(N2C(=O)c3c(c(OC(F)F)c4ccccc4c3OC(F)F)C2=O)cc1. The van der Waals surface area contributed by atoms with Gasteiger partial charge in [0.2, 0.25) is 0 Å². The number of hydrogen-bond donors (Lipinski definition) is 1. The monoisotopic (exact) mass is 463 g/mol. The van der Waals surface area contributed by atoms with Crippen molar-refractivity contribution in [2.45, 2.75) is 19.6 Å². The summed E-state index contributed by atoms with van der Waals surface area (Å²) < 4.78 is 61.9. The predicted molar refractivity (Wildman–Crippen MR) is 106 cm³/mol. The van der Waals surface area contributed by atoms with E-state index in [-0.39, 0.29) is 22.9 Å². The predicted octanol–water partition coefficient (Wildman–Crippen LogP) is 4.47. The van der Waals surface area contributed by atoms with E-state index in [0.717, 1.165) is 0 Å². The van der Waals surface area contributed by atoms with Crippen molar-refractivity contribution >= 4 is 34.2 Å². The fourth-order valence-electron chi connectivity index (χ4n) is 3.69. The van der Waals surface area contributed by atoms with Crippen molar-refractivity contribution < 1.29 is 46.5 Å². The Morgan fingerprint density at radius 1 is 0.818 bits per heavy atom. The van der Waals surface area contributed by atoms with E-state index in [2.05, 4.69) is 9.47 Å². The number of carbonyl (C=O) groups excluding carboxylic acids is 2. The number of halogens is 4. The number of alkyl halides is 4. The molecule has 3 aromatic rings. The van der Waals surface area contributed by atoms with E-state index in [1.807, 2.05) is 0 Å². The van der Waals surface area contributed by atoms with Gasteiger partial charge in [0.1, 0.15) is 11.5 Å². The number of rotatable bonds is 7. The lowest BCUT2D eigenvalue weighted by Crippen LogP contribution is -2.29. The first-order chi connectivity index (χ1) is 15.7. The molecule has 170 valence electrons. The van der Waals surface area contributed by atoms with Crippen LogP contribution >= 0.6 is 0 Å². The highest BCUT2D eigenvalue weighted by Crippen LogP contribution is 2.46. The average molecular weight is 463 g/mol. The minimum Gasteiger partial charge on any atom is -0.481 e. The van der Waals surface area contributed by atoms with Crippen molar-refractivity contribution in [3.63, 3.8) is 0 Å². The number of amides is 2. The Hall–Kier alpha value is -4.15. The molecule has 0 saturated carbocycles. The number of carboxylic acids is 1. The maximum Gasteiger partial charge on any atom is 0.387 e. The van der Waals surface area contributed by atoms with Crippen LogP contribution in [0.15, 0.2) is 48.5 Å². The Balaban J connectivity index is 1.93. The Morgan fingerprint density at radius 2 is 1.27 bits per heavy atom. The van der Waals surface area contributed by atoms with Crippen LogP contribution < -0.4 is 14.4 Å². The number of imide groups is 1. The molecule has 0 aliphatic carbocycles. The summed E-state index contributed by atoms with van der Waals surface area (Å²) in [6.07, 6.45) is -0.313. The molecule has 0 radical (unpaired) electrons. The summed E-state index contributed by atoms with van der Waals surface area (Å²) in [6.45, 7) is -6.74. The van der Waals surface area contributed by atoms with Gasteiger partial charge in [0.05, 0.1) is 23.2 Å². The highest BCUT2D eigenvalue weighted by atomic mass is 19.3. The molecular formula is C22H13F4NO6. The van der Waals surface area contributed by atoms with Gasteiger partial charge in [-0.05, 0) is 17.7 Å². The molecule has 0 unspecified atom stereocenters. The Bertz CT molecular complexity index is 1210. The van der Waals surface area contributed by atoms with Gasteiger partial charge in [-0.2, -0.15) is 17.6 Å². The average Bonchev–Trinajstić information content (AvgIpc) is 3.00. The molecule has 1 aliphatic heterocycles. The molecule has 0 fully saturated rings. The van der Waals surface area contributed by atoms with Gasteiger partial charge in [-0.15, -0.1) is 0 Å². The second-order valence-electron chi connectivity index (χ2n) is 6.89. The van der Waals surface area contributed by atoms with E-state index in [9.17, 15) is 31.9 Å². The summed E-state index contributed by atoms with van der Waals surface area (Å²) in [7, 11) is 0. The van der Waals surface area contributed by atoms with Crippen LogP contribution in [0.2, 0.25) is 0 Å². The number of benzene rings is 3. The zero-order valence-electron chi connectivity index (χ0n) is 16.4. The summed E-state index contributed by atoms with van der Waals surface area (Å²) in [4.78, 5) is 37.9. The maximum absolute atomic E-state index is 13.2. The van der Waals surface area contributed by atoms with Gasteiger partial charge in [0.25, 0.3) is 11.8 Å². The van der Waals surface area contributed by atoms with Crippen molar-refractivity contribution in [1.29, 1.82) is 0 Å². The van der Waals surface area contributed by atoms with Gasteiger partial charge < -0.3 is 14.6 Å². The highest BCUT2D eigenvalue weighted by molar-refractivity contribution is 6.38. The number of anilines is 1. The molecule has 0 aromatic heterocycles. The molecule has 33 heavy (non-hydrogen) atoms. The van der Waals surface area contributed by atoms with E-state index < -0.39 is 53.6 Å². The molecule has 1 heterocycles. The molecule has 0 atom stereocenters. The van der Waals surface area contributed by atoms with E-state index in [4.69, 9.17) is 5.11 Å². The molecule has 4 rings (SSSR count). The largest absolute Gasteiger partial charge is 0.481 e. The van der Waals surface area contributed by atoms with Gasteiger partial charge in [-0.25, -0.2) is 4.90 Å². The summed E-state index contributed by atoms with van der Waals surface area (Å²) in [5.74, 6) is -4.54. The lowest BCUT2D eigenvalue weighted by molar-refractivity contribution is -0.136. The van der Waals surface area contributed by atoms with Gasteiger partial charge in [0.15, 0.2) is 0 Å². The zero-order valence-corrected chi connectivity index (χ0v) is 16.4. The number of aliphatic carboxylic acids is 1. The third kappa shape index (κ3) is 3.93. The third-order valence-corrected chi connectivity index (χ3v) is 4.92. The van der Waals surface area contributed by atoms with Crippen molar-refractivity contribution in [3.05, 3.63) is 65.2 Å². The summed E-state index contributed by atoms with van der Waals surface area (Å²) in [5.41, 5.74) is -0.920. The first-order valence-corrected chi connectivity index (χ1v) is 9.37. The van der Waals surface area contributed by atoms with E-state index in [0.29, 0.717) is 10.5 Å². The molecule has 3 aromatic carbocycles. The van der Waals surface area contributed by atoms with Crippen molar-refractivity contribution in [2.24, 2.45) is 0 Å². The molecule has 7 nitrogen and oxygen atoms in total. The molecular weight excluding hydrogens is 450 g/mol. The first-order valence-electron chi connectivity index (χ1n) is 9.37. The normalized spacial score (nSPS) is 13.2. The standard InChI is InChI=1S/C22H13F4NO6/c23-21(24)32-17-12-3-1-2-4-13(12)18(33-22(25)26)16-15(17)19(30)27(20(16)31)11-7-5-10(6-8-11)9-14(28)29/h1-8,21-22H,9H2,(H,28,29). The number of carbonyl (C=O) groups is 3. The Labute approximate surface area is 182 Å². The summed E-state index contributed by atoms with van der Waals surface area (Å²) in [5, 5.41) is 8.64. The number of carboxylic acid groups (broad SMARTS) is 1. The first kappa shape index (κ1) is 22.1. The highest BCUT2D eigenvalue weighted by Gasteiger charge is 2.44. The zero-order chi connectivity index (χ0) is 23.9. The van der Waals surface area contributed by atoms with Gasteiger partial charge in [-0.1, -0.05) is 36.4 Å². The van der Waals surface area contributed by atoms with Crippen LogP contribution in [0.25, 0.3) is 10.8 Å². The van der Waals surface area contributed by atoms with E-state index in [1.165, 1.54) is 48.5 Å². The molecule has 1 N–H and O–H groups in total. The van der Waals surface area contributed by atoms with E-state index >= 15 is 0 Å². The molecule has 0 saturated heterocycles. The molecule has 1 aliphatic rings. The minimum atomic E-state index is -3.37. The van der Waals surface area contributed by atoms with Gasteiger partial charge in [0, 0.05) is 10.8 Å². The third-order valence-electron chi connectivity index (χ3n) is 4.92. The number of ether oxygens (including phenoxy) is 2. The smallest absolute Gasteiger partial charge is 0.387 e. The molecule has 0 bridgehead atoms. The van der Waals surface area contributed by atoms with Gasteiger partial charge in [-0.3, -0.25) is 14.4 Å². The van der Waals surface area contributed by atoms with Crippen molar-refractivity contribution in [2.75, 3.05) is 4.90 Å². The van der Waals surface area contributed by atoms with Crippen LogP contribution in [0, 0.1) is 0 Å². The number of hydrogen-bond acceptors (Lipinski definition) is 5. The second-order valence-corrected chi connectivity index (χ2v) is 6.89.